The van der Waals surface area contributed by atoms with Crippen LogP contribution in [0.15, 0.2) is 0 Å². The van der Waals surface area contributed by atoms with Gasteiger partial charge in [0.15, 0.2) is 12.2 Å². The minimum Gasteiger partial charge on any atom is -0.462 e. The minimum atomic E-state index is -4.96. The Bertz CT molecular complexity index is 1940. The van der Waals surface area contributed by atoms with Gasteiger partial charge in [0.2, 0.25) is 0 Å². The van der Waals surface area contributed by atoms with E-state index in [2.05, 4.69) is 34.6 Å². The van der Waals surface area contributed by atoms with E-state index in [-0.39, 0.29) is 25.7 Å². The first-order chi connectivity index (χ1) is 49.5. The second-order valence-electron chi connectivity index (χ2n) is 30.3. The van der Waals surface area contributed by atoms with Gasteiger partial charge in [-0.05, 0) is 31.6 Å². The Labute approximate surface area is 626 Å². The number of phosphoric acid groups is 2. The van der Waals surface area contributed by atoms with Crippen LogP contribution in [0, 0.1) is 5.92 Å². The Morgan fingerprint density at radius 2 is 0.451 bits per heavy atom. The zero-order valence-electron chi connectivity index (χ0n) is 66.8. The maximum Gasteiger partial charge on any atom is 0.472 e. The molecule has 0 heterocycles. The standard InChI is InChI=1S/C83H162O17P2/c1-6-9-12-15-18-21-24-27-28-29-30-31-32-33-34-35-37-44-49-54-59-64-69-83(88)100-79(73-94-81(86)67-62-57-52-47-42-39-38-40-45-50-55-60-65-76(4)5)75-98-102(91,92)96-71-77(84)70-95-101(89,90)97-74-78(72-93-80(85)66-61-56-51-46-41-26-23-20-17-14-11-8-3)99-82(87)68-63-58-53-48-43-36-25-22-19-16-13-10-7-2/h76-79,84H,6-75H2,1-5H3,(H,89,90)(H,91,92)/t77-,78+,79+/m0/s1. The van der Waals surface area contributed by atoms with Gasteiger partial charge < -0.3 is 33.8 Å². The second kappa shape index (κ2) is 75.9. The van der Waals surface area contributed by atoms with E-state index >= 15 is 0 Å². The largest absolute Gasteiger partial charge is 0.472 e. The van der Waals surface area contributed by atoms with Crippen LogP contribution in [0.1, 0.15) is 446 Å². The second-order valence-corrected chi connectivity index (χ2v) is 33.3. The third-order valence-corrected chi connectivity index (χ3v) is 21.4. The van der Waals surface area contributed by atoms with Crippen molar-refractivity contribution >= 4 is 39.5 Å². The molecule has 0 aliphatic heterocycles. The van der Waals surface area contributed by atoms with E-state index in [0.29, 0.717) is 25.7 Å². The summed E-state index contributed by atoms with van der Waals surface area (Å²) in [6, 6.07) is 0. The fourth-order valence-electron chi connectivity index (χ4n) is 12.9. The van der Waals surface area contributed by atoms with E-state index in [1.165, 1.54) is 270 Å². The number of aliphatic hydroxyl groups excluding tert-OH is 1. The number of ether oxygens (including phenoxy) is 4. The molecule has 0 aliphatic carbocycles. The third-order valence-electron chi connectivity index (χ3n) is 19.5. The molecule has 19 heteroatoms. The van der Waals surface area contributed by atoms with Crippen molar-refractivity contribution in [1.82, 2.24) is 0 Å². The van der Waals surface area contributed by atoms with Crippen molar-refractivity contribution in [3.8, 4) is 0 Å². The smallest absolute Gasteiger partial charge is 0.462 e. The Morgan fingerprint density at radius 1 is 0.265 bits per heavy atom. The summed E-state index contributed by atoms with van der Waals surface area (Å²) in [6.07, 6.45) is 68.0. The number of hydrogen-bond donors (Lipinski definition) is 3. The number of esters is 4. The molecule has 0 radical (unpaired) electrons. The van der Waals surface area contributed by atoms with Crippen LogP contribution in [0.3, 0.4) is 0 Å². The number of hydrogen-bond acceptors (Lipinski definition) is 15. The van der Waals surface area contributed by atoms with E-state index in [4.69, 9.17) is 37.0 Å². The third kappa shape index (κ3) is 76.3. The topological polar surface area (TPSA) is 237 Å². The zero-order valence-corrected chi connectivity index (χ0v) is 68.5. The van der Waals surface area contributed by atoms with Gasteiger partial charge in [0.05, 0.1) is 26.4 Å². The van der Waals surface area contributed by atoms with E-state index in [0.717, 1.165) is 95.8 Å². The van der Waals surface area contributed by atoms with Crippen LogP contribution in [-0.2, 0) is 65.4 Å². The fourth-order valence-corrected chi connectivity index (χ4v) is 14.5. The van der Waals surface area contributed by atoms with Gasteiger partial charge in [0.1, 0.15) is 19.3 Å². The number of aliphatic hydroxyl groups is 1. The molecule has 0 aromatic carbocycles. The normalized spacial score (nSPS) is 13.8. The fraction of sp³-hybridized carbons (Fsp3) is 0.952. The SMILES string of the molecule is CCCCCCCCCCCCCCCCCCCCCCCCC(=O)O[C@H](COC(=O)CCCCCCCCCCCCCCC(C)C)COP(=O)(O)OC[C@@H](O)COP(=O)(O)OC[C@@H](COC(=O)CCCCCCCCCCCCCC)OC(=O)CCCCCCCCCCCCCCC. The van der Waals surface area contributed by atoms with Crippen LogP contribution in [0.5, 0.6) is 0 Å². The van der Waals surface area contributed by atoms with Crippen molar-refractivity contribution in [2.24, 2.45) is 5.92 Å². The van der Waals surface area contributed by atoms with Crippen LogP contribution < -0.4 is 0 Å². The molecule has 2 unspecified atom stereocenters. The first-order valence-corrected chi connectivity index (χ1v) is 46.1. The molecule has 0 saturated heterocycles. The molecule has 0 fully saturated rings. The van der Waals surface area contributed by atoms with E-state index in [1.807, 2.05) is 0 Å². The van der Waals surface area contributed by atoms with Crippen molar-refractivity contribution in [2.75, 3.05) is 39.6 Å². The van der Waals surface area contributed by atoms with Crippen LogP contribution in [0.2, 0.25) is 0 Å². The van der Waals surface area contributed by atoms with Crippen LogP contribution in [0.25, 0.3) is 0 Å². The summed E-state index contributed by atoms with van der Waals surface area (Å²) in [5, 5.41) is 10.7. The van der Waals surface area contributed by atoms with Gasteiger partial charge in [0, 0.05) is 25.7 Å². The van der Waals surface area contributed by atoms with Crippen LogP contribution >= 0.6 is 15.6 Å². The highest BCUT2D eigenvalue weighted by Crippen LogP contribution is 2.45. The molecular formula is C83H162O17P2. The number of unbranched alkanes of at least 4 members (excludes halogenated alkanes) is 55. The Kier molecular flexibility index (Phi) is 74.4. The first kappa shape index (κ1) is 100. The van der Waals surface area contributed by atoms with Crippen molar-refractivity contribution in [3.05, 3.63) is 0 Å². The molecule has 0 rings (SSSR count). The predicted molar refractivity (Wildman–Crippen MR) is 418 cm³/mol. The molecule has 0 amide bonds. The van der Waals surface area contributed by atoms with Gasteiger partial charge >= 0.3 is 39.5 Å². The molecule has 0 bridgehead atoms. The summed E-state index contributed by atoms with van der Waals surface area (Å²) in [7, 11) is -9.92. The molecule has 0 aliphatic rings. The van der Waals surface area contributed by atoms with E-state index in [1.54, 1.807) is 0 Å². The lowest BCUT2D eigenvalue weighted by Crippen LogP contribution is -2.30. The Morgan fingerprint density at radius 3 is 0.667 bits per heavy atom. The highest BCUT2D eigenvalue weighted by Gasteiger charge is 2.30. The van der Waals surface area contributed by atoms with E-state index in [9.17, 15) is 43.2 Å². The number of phosphoric ester groups is 2. The summed E-state index contributed by atoms with van der Waals surface area (Å²) in [4.78, 5) is 73.1. The predicted octanol–water partition coefficient (Wildman–Crippen LogP) is 25.2. The van der Waals surface area contributed by atoms with E-state index < -0.39 is 97.5 Å². The highest BCUT2D eigenvalue weighted by molar-refractivity contribution is 7.47. The molecule has 0 aromatic heterocycles. The minimum absolute atomic E-state index is 0.108. The maximum atomic E-state index is 13.1. The van der Waals surface area contributed by atoms with Crippen LogP contribution in [-0.4, -0.2) is 96.7 Å². The van der Waals surface area contributed by atoms with Gasteiger partial charge in [0.25, 0.3) is 0 Å². The molecular weight excluding hydrogens is 1330 g/mol. The van der Waals surface area contributed by atoms with Crippen molar-refractivity contribution < 1.29 is 80.2 Å². The van der Waals surface area contributed by atoms with Gasteiger partial charge in [-0.15, -0.1) is 0 Å². The van der Waals surface area contributed by atoms with Crippen LogP contribution in [0.4, 0.5) is 0 Å². The lowest BCUT2D eigenvalue weighted by atomic mass is 10.0. The molecule has 102 heavy (non-hydrogen) atoms. The summed E-state index contributed by atoms with van der Waals surface area (Å²) < 4.78 is 68.8. The maximum absolute atomic E-state index is 13.1. The molecule has 3 N–H and O–H groups in total. The molecule has 17 nitrogen and oxygen atoms in total. The molecule has 0 aromatic rings. The van der Waals surface area contributed by atoms with Crippen molar-refractivity contribution in [1.29, 1.82) is 0 Å². The molecule has 5 atom stereocenters. The molecule has 606 valence electrons. The molecule has 0 spiro atoms. The first-order valence-electron chi connectivity index (χ1n) is 43.1. The lowest BCUT2D eigenvalue weighted by molar-refractivity contribution is -0.161. The highest BCUT2D eigenvalue weighted by atomic mass is 31.2. The molecule has 0 saturated carbocycles. The van der Waals surface area contributed by atoms with Crippen molar-refractivity contribution in [3.63, 3.8) is 0 Å². The number of rotatable bonds is 83. The number of carbonyl (C=O) groups is 4. The van der Waals surface area contributed by atoms with Gasteiger partial charge in [-0.25, -0.2) is 9.13 Å². The summed E-state index contributed by atoms with van der Waals surface area (Å²) in [6.45, 7) is 7.35. The zero-order chi connectivity index (χ0) is 74.8. The van der Waals surface area contributed by atoms with Gasteiger partial charge in [-0.1, -0.05) is 394 Å². The number of carbonyl (C=O) groups excluding carboxylic acids is 4. The van der Waals surface area contributed by atoms with Crippen molar-refractivity contribution in [2.45, 2.75) is 464 Å². The quantitative estimate of drug-likeness (QED) is 0.0222. The summed E-state index contributed by atoms with van der Waals surface area (Å²) >= 11 is 0. The average Bonchev–Trinajstić information content (AvgIpc) is 0.921. The average molecular weight is 1490 g/mol. The summed E-state index contributed by atoms with van der Waals surface area (Å²) in [5.74, 6) is -1.32. The van der Waals surface area contributed by atoms with Gasteiger partial charge in [-0.2, -0.15) is 0 Å². The summed E-state index contributed by atoms with van der Waals surface area (Å²) in [5.41, 5.74) is 0. The monoisotopic (exact) mass is 1490 g/mol. The Balaban J connectivity index is 5.22. The lowest BCUT2D eigenvalue weighted by Gasteiger charge is -2.21. The Hall–Kier alpha value is -1.94. The van der Waals surface area contributed by atoms with Gasteiger partial charge in [-0.3, -0.25) is 37.3 Å².